The molecule has 1 N–H and O–H groups in total. The van der Waals surface area contributed by atoms with Crippen LogP contribution in [0.1, 0.15) is 33.1 Å². The molecule has 19 heavy (non-hydrogen) atoms. The summed E-state index contributed by atoms with van der Waals surface area (Å²) in [5.41, 5.74) is -0.408. The van der Waals surface area contributed by atoms with Gasteiger partial charge in [0.1, 0.15) is 5.54 Å². The maximum absolute atomic E-state index is 9.40. The molecule has 2 rings (SSSR count). The summed E-state index contributed by atoms with van der Waals surface area (Å²) < 4.78 is 1.13. The minimum absolute atomic E-state index is 0.398. The molecule has 0 heterocycles. The van der Waals surface area contributed by atoms with Crippen molar-refractivity contribution < 1.29 is 0 Å². The van der Waals surface area contributed by atoms with Crippen LogP contribution in [0, 0.1) is 11.3 Å². The Morgan fingerprint density at radius 3 is 2.79 bits per heavy atom. The molecule has 0 spiro atoms. The quantitative estimate of drug-likeness (QED) is 0.783. The Hall–Kier alpha value is -0.500. The molecule has 2 unspecified atom stereocenters. The Labute approximate surface area is 128 Å². The van der Waals surface area contributed by atoms with Crippen LogP contribution in [-0.4, -0.2) is 16.8 Å². The van der Waals surface area contributed by atoms with E-state index in [1.165, 1.54) is 17.7 Å². The lowest BCUT2D eigenvalue weighted by molar-refractivity contribution is 0.415. The molecule has 1 aromatic rings. The predicted octanol–water partition coefficient (Wildman–Crippen LogP) is 4.35. The maximum Gasteiger partial charge on any atom is 0.105 e. The number of benzene rings is 1. The Morgan fingerprint density at radius 1 is 1.53 bits per heavy atom. The van der Waals surface area contributed by atoms with Crippen LogP contribution in [0.5, 0.6) is 0 Å². The molecule has 0 bridgehead atoms. The second-order valence-electron chi connectivity index (χ2n) is 5.43. The van der Waals surface area contributed by atoms with Gasteiger partial charge in [-0.2, -0.15) is 5.26 Å². The second-order valence-corrected chi connectivity index (χ2v) is 7.76. The molecular formula is C15H19BrN2S. The molecule has 0 aromatic heterocycles. The average molecular weight is 339 g/mol. The fourth-order valence-electron chi connectivity index (χ4n) is 2.19. The van der Waals surface area contributed by atoms with E-state index < -0.39 is 5.54 Å². The molecule has 2 nitrogen and oxygen atoms in total. The zero-order valence-corrected chi connectivity index (χ0v) is 13.7. The van der Waals surface area contributed by atoms with Crippen LogP contribution < -0.4 is 5.32 Å². The standard InChI is InChI=1S/C15H19BrN2S/c1-11(19-14-6-4-3-5-13(14)16)9-15(2,10-17)18-12-7-8-12/h3-6,11-12,18H,7-9H2,1-2H3. The fraction of sp³-hybridized carbons (Fsp3) is 0.533. The normalized spacial score (nSPS) is 19.5. The molecule has 0 aliphatic heterocycles. The monoisotopic (exact) mass is 338 g/mol. The van der Waals surface area contributed by atoms with Gasteiger partial charge in [0.2, 0.25) is 0 Å². The summed E-state index contributed by atoms with van der Waals surface area (Å²) in [6, 6.07) is 11.2. The molecule has 0 amide bonds. The number of hydrogen-bond acceptors (Lipinski definition) is 3. The Balaban J connectivity index is 1.94. The van der Waals surface area contributed by atoms with E-state index >= 15 is 0 Å². The van der Waals surface area contributed by atoms with Crippen molar-refractivity contribution in [3.63, 3.8) is 0 Å². The molecule has 1 fully saturated rings. The smallest absolute Gasteiger partial charge is 0.105 e. The largest absolute Gasteiger partial charge is 0.297 e. The molecule has 4 heteroatoms. The van der Waals surface area contributed by atoms with Gasteiger partial charge in [-0.05, 0) is 54.2 Å². The van der Waals surface area contributed by atoms with Crippen molar-refractivity contribution in [3.05, 3.63) is 28.7 Å². The predicted molar refractivity (Wildman–Crippen MR) is 84.3 cm³/mol. The maximum atomic E-state index is 9.40. The highest BCUT2D eigenvalue weighted by Crippen LogP contribution is 2.34. The van der Waals surface area contributed by atoms with Crippen molar-refractivity contribution in [3.8, 4) is 6.07 Å². The molecule has 2 atom stereocenters. The molecular weight excluding hydrogens is 320 g/mol. The Morgan fingerprint density at radius 2 is 2.21 bits per heavy atom. The summed E-state index contributed by atoms with van der Waals surface area (Å²) >= 11 is 5.39. The van der Waals surface area contributed by atoms with Gasteiger partial charge in [-0.1, -0.05) is 19.1 Å². The van der Waals surface area contributed by atoms with E-state index in [1.807, 2.05) is 30.8 Å². The van der Waals surface area contributed by atoms with Crippen LogP contribution in [0.4, 0.5) is 0 Å². The van der Waals surface area contributed by atoms with Gasteiger partial charge in [0.15, 0.2) is 0 Å². The lowest BCUT2D eigenvalue weighted by Gasteiger charge is -2.26. The molecule has 0 saturated heterocycles. The first-order valence-corrected chi connectivity index (χ1v) is 8.30. The molecule has 102 valence electrons. The van der Waals surface area contributed by atoms with Gasteiger partial charge < -0.3 is 0 Å². The van der Waals surface area contributed by atoms with Gasteiger partial charge in [0, 0.05) is 20.7 Å². The van der Waals surface area contributed by atoms with E-state index in [4.69, 9.17) is 0 Å². The van der Waals surface area contributed by atoms with E-state index in [-0.39, 0.29) is 0 Å². The van der Waals surface area contributed by atoms with Gasteiger partial charge in [-0.3, -0.25) is 5.32 Å². The van der Waals surface area contributed by atoms with Gasteiger partial charge in [-0.15, -0.1) is 11.8 Å². The van der Waals surface area contributed by atoms with E-state index in [1.54, 1.807) is 0 Å². The summed E-state index contributed by atoms with van der Waals surface area (Å²) in [6.45, 7) is 4.21. The van der Waals surface area contributed by atoms with Crippen LogP contribution >= 0.6 is 27.7 Å². The lowest BCUT2D eigenvalue weighted by Crippen LogP contribution is -2.44. The summed E-state index contributed by atoms with van der Waals surface area (Å²) in [6.07, 6.45) is 3.28. The first-order valence-electron chi connectivity index (χ1n) is 6.62. The topological polar surface area (TPSA) is 35.8 Å². The van der Waals surface area contributed by atoms with Crippen LogP contribution in [0.2, 0.25) is 0 Å². The highest BCUT2D eigenvalue weighted by atomic mass is 79.9. The zero-order valence-electron chi connectivity index (χ0n) is 11.3. The number of nitrogens with one attached hydrogen (secondary N) is 1. The van der Waals surface area contributed by atoms with Crippen molar-refractivity contribution in [1.29, 1.82) is 5.26 Å². The number of rotatable bonds is 6. The highest BCUT2D eigenvalue weighted by molar-refractivity contribution is 9.10. The fourth-order valence-corrected chi connectivity index (χ4v) is 3.94. The third kappa shape index (κ3) is 4.52. The SMILES string of the molecule is CC(CC(C)(C#N)NC1CC1)Sc1ccccc1Br. The first kappa shape index (κ1) is 14.9. The molecule has 1 aromatic carbocycles. The van der Waals surface area contributed by atoms with Gasteiger partial charge in [0.05, 0.1) is 6.07 Å². The highest BCUT2D eigenvalue weighted by Gasteiger charge is 2.33. The summed E-state index contributed by atoms with van der Waals surface area (Å²) in [5.74, 6) is 0. The van der Waals surface area contributed by atoms with Crippen molar-refractivity contribution >= 4 is 27.7 Å². The lowest BCUT2D eigenvalue weighted by atomic mass is 9.98. The third-order valence-corrected chi connectivity index (χ3v) is 5.34. The molecule has 1 aliphatic carbocycles. The molecule has 1 aliphatic rings. The number of hydrogen-bond donors (Lipinski definition) is 1. The van der Waals surface area contributed by atoms with Crippen LogP contribution in [-0.2, 0) is 0 Å². The third-order valence-electron chi connectivity index (χ3n) is 3.21. The van der Waals surface area contributed by atoms with Crippen molar-refractivity contribution in [2.45, 2.75) is 54.8 Å². The number of nitrogens with zero attached hydrogens (tertiary/aromatic N) is 1. The van der Waals surface area contributed by atoms with E-state index in [9.17, 15) is 5.26 Å². The average Bonchev–Trinajstić information content (AvgIpc) is 3.15. The van der Waals surface area contributed by atoms with Gasteiger partial charge >= 0.3 is 0 Å². The summed E-state index contributed by atoms with van der Waals surface area (Å²) in [7, 11) is 0. The van der Waals surface area contributed by atoms with E-state index in [0.717, 1.165) is 10.9 Å². The van der Waals surface area contributed by atoms with Crippen molar-refractivity contribution in [1.82, 2.24) is 5.32 Å². The van der Waals surface area contributed by atoms with Gasteiger partial charge in [-0.25, -0.2) is 0 Å². The number of halogens is 1. The van der Waals surface area contributed by atoms with Gasteiger partial charge in [0.25, 0.3) is 0 Å². The molecule has 0 radical (unpaired) electrons. The Kier molecular flexibility index (Phi) is 4.94. The number of thioether (sulfide) groups is 1. The zero-order chi connectivity index (χ0) is 13.9. The van der Waals surface area contributed by atoms with Crippen LogP contribution in [0.3, 0.4) is 0 Å². The second kappa shape index (κ2) is 6.30. The van der Waals surface area contributed by atoms with E-state index in [0.29, 0.717) is 11.3 Å². The Bertz CT molecular complexity index is 481. The van der Waals surface area contributed by atoms with Crippen LogP contribution in [0.25, 0.3) is 0 Å². The van der Waals surface area contributed by atoms with E-state index in [2.05, 4.69) is 46.4 Å². The summed E-state index contributed by atoms with van der Waals surface area (Å²) in [4.78, 5) is 1.24. The minimum atomic E-state index is -0.408. The first-order chi connectivity index (χ1) is 9.02. The van der Waals surface area contributed by atoms with Crippen molar-refractivity contribution in [2.75, 3.05) is 0 Å². The number of nitriles is 1. The minimum Gasteiger partial charge on any atom is -0.297 e. The van der Waals surface area contributed by atoms with Crippen LogP contribution in [0.15, 0.2) is 33.6 Å². The summed E-state index contributed by atoms with van der Waals surface area (Å²) in [5, 5.41) is 13.3. The van der Waals surface area contributed by atoms with Crippen molar-refractivity contribution in [2.24, 2.45) is 0 Å². The molecule has 1 saturated carbocycles.